The number of carbonyl (C=O) groups excluding carboxylic acids is 1. The summed E-state index contributed by atoms with van der Waals surface area (Å²) in [6, 6.07) is 6.11. The number of carbonyl (C=O) groups is 1. The van der Waals surface area contributed by atoms with Crippen molar-refractivity contribution in [2.24, 2.45) is 0 Å². The van der Waals surface area contributed by atoms with Crippen molar-refractivity contribution < 1.29 is 9.90 Å². The first-order valence-electron chi connectivity index (χ1n) is 4.31. The fraction of sp³-hybridized carbons (Fsp3) is 0.182. The van der Waals surface area contributed by atoms with E-state index in [1.807, 2.05) is 6.92 Å². The lowest BCUT2D eigenvalue weighted by atomic mass is 10.2. The van der Waals surface area contributed by atoms with E-state index in [1.165, 1.54) is 12.1 Å². The number of aromatic hydroxyl groups is 1. The standard InChI is InChI=1S/C11H13NO2/c1-8(2)7-12-11(14)9-3-5-10(13)6-4-9/h3-6,13H,1,7H2,2H3,(H,12,14). The van der Waals surface area contributed by atoms with Crippen LogP contribution in [0.1, 0.15) is 17.3 Å². The Bertz CT molecular complexity index is 341. The summed E-state index contributed by atoms with van der Waals surface area (Å²) in [6.07, 6.45) is 0. The normalized spacial score (nSPS) is 9.50. The van der Waals surface area contributed by atoms with Crippen molar-refractivity contribution in [3.63, 3.8) is 0 Å². The summed E-state index contributed by atoms with van der Waals surface area (Å²) in [7, 11) is 0. The Morgan fingerprint density at radius 1 is 1.43 bits per heavy atom. The first kappa shape index (κ1) is 10.3. The Morgan fingerprint density at radius 3 is 2.50 bits per heavy atom. The Labute approximate surface area is 83.1 Å². The van der Waals surface area contributed by atoms with E-state index in [4.69, 9.17) is 5.11 Å². The molecule has 0 aliphatic carbocycles. The smallest absolute Gasteiger partial charge is 0.251 e. The van der Waals surface area contributed by atoms with Gasteiger partial charge < -0.3 is 10.4 Å². The highest BCUT2D eigenvalue weighted by Gasteiger charge is 2.03. The molecule has 74 valence electrons. The van der Waals surface area contributed by atoms with Gasteiger partial charge in [-0.05, 0) is 31.2 Å². The number of nitrogens with one attached hydrogen (secondary N) is 1. The molecule has 1 rings (SSSR count). The Balaban J connectivity index is 2.61. The van der Waals surface area contributed by atoms with Gasteiger partial charge in [-0.3, -0.25) is 4.79 Å². The number of phenolic OH excluding ortho intramolecular Hbond substituents is 1. The topological polar surface area (TPSA) is 49.3 Å². The lowest BCUT2D eigenvalue weighted by Gasteiger charge is -2.04. The monoisotopic (exact) mass is 191 g/mol. The molecular formula is C11H13NO2. The fourth-order valence-electron chi connectivity index (χ4n) is 0.946. The molecule has 1 amide bonds. The van der Waals surface area contributed by atoms with E-state index in [1.54, 1.807) is 12.1 Å². The van der Waals surface area contributed by atoms with Crippen LogP contribution in [0.15, 0.2) is 36.4 Å². The molecule has 0 unspecified atom stereocenters. The molecule has 2 N–H and O–H groups in total. The minimum Gasteiger partial charge on any atom is -0.508 e. The summed E-state index contributed by atoms with van der Waals surface area (Å²) in [5, 5.41) is 11.7. The second kappa shape index (κ2) is 4.46. The molecule has 0 fully saturated rings. The molecule has 0 aliphatic heterocycles. The first-order valence-corrected chi connectivity index (χ1v) is 4.31. The summed E-state index contributed by atoms with van der Waals surface area (Å²) >= 11 is 0. The van der Waals surface area contributed by atoms with Crippen LogP contribution in [0.2, 0.25) is 0 Å². The number of amides is 1. The van der Waals surface area contributed by atoms with Gasteiger partial charge in [0.05, 0.1) is 0 Å². The zero-order valence-electron chi connectivity index (χ0n) is 8.08. The molecule has 1 aromatic carbocycles. The predicted octanol–water partition coefficient (Wildman–Crippen LogP) is 1.70. The van der Waals surface area contributed by atoms with Crippen LogP contribution in [-0.2, 0) is 0 Å². The third-order valence-corrected chi connectivity index (χ3v) is 1.68. The van der Waals surface area contributed by atoms with Gasteiger partial charge >= 0.3 is 0 Å². The molecule has 1 aromatic rings. The lowest BCUT2D eigenvalue weighted by molar-refractivity contribution is 0.0957. The van der Waals surface area contributed by atoms with Gasteiger partial charge in [-0.2, -0.15) is 0 Å². The SMILES string of the molecule is C=C(C)CNC(=O)c1ccc(O)cc1. The summed E-state index contributed by atoms with van der Waals surface area (Å²) in [5.74, 6) is -0.00514. The number of hydrogen-bond donors (Lipinski definition) is 2. The van der Waals surface area contributed by atoms with Crippen molar-refractivity contribution in [2.45, 2.75) is 6.92 Å². The van der Waals surface area contributed by atoms with Gasteiger partial charge in [0.2, 0.25) is 0 Å². The van der Waals surface area contributed by atoms with E-state index in [0.717, 1.165) is 5.57 Å². The van der Waals surface area contributed by atoms with Crippen LogP contribution in [-0.4, -0.2) is 17.6 Å². The molecule has 0 radical (unpaired) electrons. The van der Waals surface area contributed by atoms with Gasteiger partial charge in [0.15, 0.2) is 0 Å². The minimum absolute atomic E-state index is 0.154. The van der Waals surface area contributed by atoms with Gasteiger partial charge in [0.1, 0.15) is 5.75 Å². The van der Waals surface area contributed by atoms with Gasteiger partial charge in [-0.25, -0.2) is 0 Å². The van der Waals surface area contributed by atoms with Crippen molar-refractivity contribution in [2.75, 3.05) is 6.54 Å². The summed E-state index contributed by atoms with van der Waals surface area (Å²) in [6.45, 7) is 6.00. The average Bonchev–Trinajstić information content (AvgIpc) is 2.15. The van der Waals surface area contributed by atoms with Crippen LogP contribution in [0.5, 0.6) is 5.75 Å². The second-order valence-corrected chi connectivity index (χ2v) is 3.19. The van der Waals surface area contributed by atoms with Crippen LogP contribution >= 0.6 is 0 Å². The molecule has 0 atom stereocenters. The lowest BCUT2D eigenvalue weighted by Crippen LogP contribution is -2.24. The molecule has 0 heterocycles. The van der Waals surface area contributed by atoms with Crippen LogP contribution in [0, 0.1) is 0 Å². The largest absolute Gasteiger partial charge is 0.508 e. The minimum atomic E-state index is -0.159. The number of benzene rings is 1. The van der Waals surface area contributed by atoms with Crippen LogP contribution in [0.25, 0.3) is 0 Å². The van der Waals surface area contributed by atoms with Crippen molar-refractivity contribution in [3.8, 4) is 5.75 Å². The molecular weight excluding hydrogens is 178 g/mol. The van der Waals surface area contributed by atoms with Crippen molar-refractivity contribution in [1.29, 1.82) is 0 Å². The van der Waals surface area contributed by atoms with E-state index >= 15 is 0 Å². The zero-order valence-corrected chi connectivity index (χ0v) is 8.08. The first-order chi connectivity index (χ1) is 6.59. The fourth-order valence-corrected chi connectivity index (χ4v) is 0.946. The maximum absolute atomic E-state index is 11.4. The maximum atomic E-state index is 11.4. The zero-order chi connectivity index (χ0) is 10.6. The molecule has 0 bridgehead atoms. The summed E-state index contributed by atoms with van der Waals surface area (Å²) in [4.78, 5) is 11.4. The summed E-state index contributed by atoms with van der Waals surface area (Å²) < 4.78 is 0. The van der Waals surface area contributed by atoms with E-state index in [-0.39, 0.29) is 11.7 Å². The van der Waals surface area contributed by atoms with Crippen molar-refractivity contribution in [1.82, 2.24) is 5.32 Å². The molecule has 14 heavy (non-hydrogen) atoms. The highest BCUT2D eigenvalue weighted by atomic mass is 16.3. The number of hydrogen-bond acceptors (Lipinski definition) is 2. The third kappa shape index (κ3) is 2.94. The molecule has 0 aliphatic rings. The van der Waals surface area contributed by atoms with E-state index in [2.05, 4.69) is 11.9 Å². The van der Waals surface area contributed by atoms with Crippen molar-refractivity contribution in [3.05, 3.63) is 42.0 Å². The Kier molecular flexibility index (Phi) is 3.29. The highest BCUT2D eigenvalue weighted by molar-refractivity contribution is 5.94. The summed E-state index contributed by atoms with van der Waals surface area (Å²) in [5.41, 5.74) is 1.43. The number of phenols is 1. The van der Waals surface area contributed by atoms with Crippen LogP contribution < -0.4 is 5.32 Å². The Hall–Kier alpha value is -1.77. The molecule has 0 saturated carbocycles. The number of rotatable bonds is 3. The predicted molar refractivity (Wildman–Crippen MR) is 55.3 cm³/mol. The molecule has 0 spiro atoms. The molecule has 3 nitrogen and oxygen atoms in total. The second-order valence-electron chi connectivity index (χ2n) is 3.19. The van der Waals surface area contributed by atoms with Gasteiger partial charge in [-0.1, -0.05) is 12.2 Å². The quantitative estimate of drug-likeness (QED) is 0.714. The molecule has 0 saturated heterocycles. The van der Waals surface area contributed by atoms with Gasteiger partial charge in [0, 0.05) is 12.1 Å². The van der Waals surface area contributed by atoms with Gasteiger partial charge in [0.25, 0.3) is 5.91 Å². The Morgan fingerprint density at radius 2 is 2.00 bits per heavy atom. The van der Waals surface area contributed by atoms with E-state index < -0.39 is 0 Å². The molecule has 0 aromatic heterocycles. The van der Waals surface area contributed by atoms with Crippen LogP contribution in [0.3, 0.4) is 0 Å². The van der Waals surface area contributed by atoms with E-state index in [0.29, 0.717) is 12.1 Å². The molecule has 3 heteroatoms. The highest BCUT2D eigenvalue weighted by Crippen LogP contribution is 2.09. The third-order valence-electron chi connectivity index (χ3n) is 1.68. The van der Waals surface area contributed by atoms with E-state index in [9.17, 15) is 4.79 Å². The van der Waals surface area contributed by atoms with Crippen LogP contribution in [0.4, 0.5) is 0 Å². The average molecular weight is 191 g/mol. The van der Waals surface area contributed by atoms with Crippen molar-refractivity contribution >= 4 is 5.91 Å². The maximum Gasteiger partial charge on any atom is 0.251 e. The van der Waals surface area contributed by atoms with Gasteiger partial charge in [-0.15, -0.1) is 0 Å².